The van der Waals surface area contributed by atoms with Gasteiger partial charge >= 0.3 is 0 Å². The number of hydrogen-bond acceptors (Lipinski definition) is 6. The quantitative estimate of drug-likeness (QED) is 0.717. The summed E-state index contributed by atoms with van der Waals surface area (Å²) in [5.41, 5.74) is 2.23. The average molecular weight is 360 g/mol. The molecule has 1 aliphatic heterocycles. The zero-order valence-corrected chi connectivity index (χ0v) is 15.6. The van der Waals surface area contributed by atoms with E-state index in [1.807, 2.05) is 24.3 Å². The van der Waals surface area contributed by atoms with E-state index in [-0.39, 0.29) is 6.79 Å². The molecule has 6 nitrogen and oxygen atoms in total. The van der Waals surface area contributed by atoms with Crippen LogP contribution in [0.1, 0.15) is 17.5 Å². The number of aryl methyl sites for hydroxylation is 2. The van der Waals surface area contributed by atoms with Crippen LogP contribution in [0.2, 0.25) is 0 Å². The summed E-state index contributed by atoms with van der Waals surface area (Å²) < 4.78 is 32.5. The third-order valence-electron chi connectivity index (χ3n) is 4.41. The number of rotatable bonds is 8. The standard InChI is InChI=1S/C20H24O6/c1-21-15-11-17-16(25-12-26-17)10-14(15)7-5-6-13-8-18(22-2)20(24-4)19(9-13)23-3/h8-11H,5-7,12H2,1-4H3. The van der Waals surface area contributed by atoms with Crippen molar-refractivity contribution in [2.24, 2.45) is 0 Å². The van der Waals surface area contributed by atoms with Crippen LogP contribution in [0.5, 0.6) is 34.5 Å². The highest BCUT2D eigenvalue weighted by Crippen LogP contribution is 2.40. The van der Waals surface area contributed by atoms with Gasteiger partial charge in [0, 0.05) is 6.07 Å². The molecule has 6 heteroatoms. The van der Waals surface area contributed by atoms with Crippen LogP contribution >= 0.6 is 0 Å². The Balaban J connectivity index is 1.72. The van der Waals surface area contributed by atoms with Crippen molar-refractivity contribution in [3.05, 3.63) is 35.4 Å². The van der Waals surface area contributed by atoms with Crippen molar-refractivity contribution < 1.29 is 28.4 Å². The van der Waals surface area contributed by atoms with E-state index in [0.29, 0.717) is 17.2 Å². The molecule has 26 heavy (non-hydrogen) atoms. The molecule has 0 unspecified atom stereocenters. The lowest BCUT2D eigenvalue weighted by Gasteiger charge is -2.14. The van der Waals surface area contributed by atoms with Gasteiger partial charge < -0.3 is 28.4 Å². The summed E-state index contributed by atoms with van der Waals surface area (Å²) in [5.74, 6) is 4.27. The van der Waals surface area contributed by atoms with Crippen molar-refractivity contribution in [3.8, 4) is 34.5 Å². The lowest BCUT2D eigenvalue weighted by atomic mass is 10.0. The van der Waals surface area contributed by atoms with Crippen LogP contribution in [-0.2, 0) is 12.8 Å². The van der Waals surface area contributed by atoms with E-state index in [4.69, 9.17) is 28.4 Å². The molecular weight excluding hydrogens is 336 g/mol. The topological polar surface area (TPSA) is 55.4 Å². The fourth-order valence-electron chi connectivity index (χ4n) is 3.11. The third kappa shape index (κ3) is 3.59. The molecule has 0 atom stereocenters. The summed E-state index contributed by atoms with van der Waals surface area (Å²) in [6.07, 6.45) is 2.67. The van der Waals surface area contributed by atoms with Crippen molar-refractivity contribution in [1.82, 2.24) is 0 Å². The van der Waals surface area contributed by atoms with Crippen molar-refractivity contribution in [2.45, 2.75) is 19.3 Å². The Labute approximate surface area is 153 Å². The Bertz CT molecular complexity index is 746. The molecule has 0 N–H and O–H groups in total. The van der Waals surface area contributed by atoms with E-state index in [1.54, 1.807) is 28.4 Å². The maximum absolute atomic E-state index is 5.48. The molecule has 2 aromatic rings. The van der Waals surface area contributed by atoms with Gasteiger partial charge in [-0.2, -0.15) is 0 Å². The highest BCUT2D eigenvalue weighted by Gasteiger charge is 2.18. The van der Waals surface area contributed by atoms with Crippen LogP contribution in [0, 0.1) is 0 Å². The van der Waals surface area contributed by atoms with Crippen molar-refractivity contribution in [3.63, 3.8) is 0 Å². The highest BCUT2D eigenvalue weighted by atomic mass is 16.7. The number of benzene rings is 2. The summed E-state index contributed by atoms with van der Waals surface area (Å²) >= 11 is 0. The number of hydrogen-bond donors (Lipinski definition) is 0. The molecule has 0 radical (unpaired) electrons. The van der Waals surface area contributed by atoms with E-state index in [0.717, 1.165) is 47.6 Å². The van der Waals surface area contributed by atoms with Crippen molar-refractivity contribution in [2.75, 3.05) is 35.2 Å². The van der Waals surface area contributed by atoms with Gasteiger partial charge in [-0.1, -0.05) is 0 Å². The molecule has 140 valence electrons. The van der Waals surface area contributed by atoms with Crippen LogP contribution in [-0.4, -0.2) is 35.2 Å². The molecular formula is C20H24O6. The minimum Gasteiger partial charge on any atom is -0.496 e. The SMILES string of the molecule is COc1cc2c(cc1CCCc1cc(OC)c(OC)c(OC)c1)OCO2. The van der Waals surface area contributed by atoms with Gasteiger partial charge in [-0.05, 0) is 48.6 Å². The zero-order chi connectivity index (χ0) is 18.5. The zero-order valence-electron chi connectivity index (χ0n) is 15.6. The maximum atomic E-state index is 5.48. The number of ether oxygens (including phenoxy) is 6. The fourth-order valence-corrected chi connectivity index (χ4v) is 3.11. The molecule has 1 heterocycles. The molecule has 0 aliphatic carbocycles. The molecule has 0 saturated carbocycles. The van der Waals surface area contributed by atoms with E-state index >= 15 is 0 Å². The summed E-state index contributed by atoms with van der Waals surface area (Å²) in [7, 11) is 6.52. The smallest absolute Gasteiger partial charge is 0.231 e. The van der Waals surface area contributed by atoms with E-state index in [2.05, 4.69) is 0 Å². The van der Waals surface area contributed by atoms with Gasteiger partial charge in [0.1, 0.15) is 5.75 Å². The summed E-state index contributed by atoms with van der Waals surface area (Å²) in [5, 5.41) is 0. The molecule has 0 aromatic heterocycles. The van der Waals surface area contributed by atoms with E-state index in [9.17, 15) is 0 Å². The number of methoxy groups -OCH3 is 4. The van der Waals surface area contributed by atoms with Crippen LogP contribution in [0.3, 0.4) is 0 Å². The Kier molecular flexibility index (Phi) is 5.61. The normalized spacial score (nSPS) is 12.0. The van der Waals surface area contributed by atoms with Gasteiger partial charge in [0.15, 0.2) is 23.0 Å². The molecule has 3 rings (SSSR count). The minimum absolute atomic E-state index is 0.257. The van der Waals surface area contributed by atoms with Gasteiger partial charge in [0.25, 0.3) is 0 Å². The lowest BCUT2D eigenvalue weighted by molar-refractivity contribution is 0.174. The second kappa shape index (κ2) is 8.08. The molecule has 2 aromatic carbocycles. The van der Waals surface area contributed by atoms with Gasteiger partial charge in [0.05, 0.1) is 28.4 Å². The average Bonchev–Trinajstić information content (AvgIpc) is 3.13. The molecule has 0 amide bonds. The highest BCUT2D eigenvalue weighted by molar-refractivity contribution is 5.54. The molecule has 0 spiro atoms. The molecule has 1 aliphatic rings. The molecule has 0 fully saturated rings. The Morgan fingerprint density at radius 3 is 1.92 bits per heavy atom. The summed E-state index contributed by atoms with van der Waals surface area (Å²) in [6, 6.07) is 7.85. The second-order valence-corrected chi connectivity index (χ2v) is 5.90. The lowest BCUT2D eigenvalue weighted by Crippen LogP contribution is -1.98. The first kappa shape index (κ1) is 18.0. The van der Waals surface area contributed by atoms with Crippen LogP contribution < -0.4 is 28.4 Å². The first-order chi connectivity index (χ1) is 12.7. The molecule has 0 saturated heterocycles. The molecule has 0 bridgehead atoms. The first-order valence-corrected chi connectivity index (χ1v) is 8.45. The predicted octanol–water partition coefficient (Wildman–Crippen LogP) is 3.63. The van der Waals surface area contributed by atoms with Crippen LogP contribution in [0.25, 0.3) is 0 Å². The Hall–Kier alpha value is -2.76. The van der Waals surface area contributed by atoms with Gasteiger partial charge in [0.2, 0.25) is 12.5 Å². The fraction of sp³-hybridized carbons (Fsp3) is 0.400. The van der Waals surface area contributed by atoms with E-state index in [1.165, 1.54) is 0 Å². The van der Waals surface area contributed by atoms with Crippen LogP contribution in [0.15, 0.2) is 24.3 Å². The maximum Gasteiger partial charge on any atom is 0.231 e. The van der Waals surface area contributed by atoms with Gasteiger partial charge in [-0.25, -0.2) is 0 Å². The summed E-state index contributed by atoms with van der Waals surface area (Å²) in [6.45, 7) is 0.257. The summed E-state index contributed by atoms with van der Waals surface area (Å²) in [4.78, 5) is 0. The second-order valence-electron chi connectivity index (χ2n) is 5.90. The predicted molar refractivity (Wildman–Crippen MR) is 97.2 cm³/mol. The third-order valence-corrected chi connectivity index (χ3v) is 4.41. The van der Waals surface area contributed by atoms with Gasteiger partial charge in [-0.3, -0.25) is 0 Å². The van der Waals surface area contributed by atoms with E-state index < -0.39 is 0 Å². The number of fused-ring (bicyclic) bond motifs is 1. The first-order valence-electron chi connectivity index (χ1n) is 8.45. The monoisotopic (exact) mass is 360 g/mol. The minimum atomic E-state index is 0.257. The van der Waals surface area contributed by atoms with Crippen molar-refractivity contribution >= 4 is 0 Å². The Morgan fingerprint density at radius 2 is 1.35 bits per heavy atom. The van der Waals surface area contributed by atoms with Crippen molar-refractivity contribution in [1.29, 1.82) is 0 Å². The van der Waals surface area contributed by atoms with Gasteiger partial charge in [-0.15, -0.1) is 0 Å². The Morgan fingerprint density at radius 1 is 0.731 bits per heavy atom. The van der Waals surface area contributed by atoms with Crippen LogP contribution in [0.4, 0.5) is 0 Å². The largest absolute Gasteiger partial charge is 0.496 e.